The number of benzene rings is 1. The summed E-state index contributed by atoms with van der Waals surface area (Å²) in [5, 5.41) is 3.03. The fraction of sp³-hybridized carbons (Fsp3) is 0.455. The summed E-state index contributed by atoms with van der Waals surface area (Å²) in [6, 6.07) is 2.01. The third-order valence-corrected chi connectivity index (χ3v) is 2.75. The first-order valence-corrected chi connectivity index (χ1v) is 4.92. The maximum atomic E-state index is 13.6. The minimum absolute atomic E-state index is 0.116. The van der Waals surface area contributed by atoms with E-state index in [4.69, 9.17) is 4.74 Å². The van der Waals surface area contributed by atoms with Crippen LogP contribution in [0.25, 0.3) is 0 Å². The molecule has 2 atom stereocenters. The van der Waals surface area contributed by atoms with Gasteiger partial charge in [-0.15, -0.1) is 0 Å². The van der Waals surface area contributed by atoms with Gasteiger partial charge in [0.05, 0.1) is 6.61 Å². The van der Waals surface area contributed by atoms with Crippen molar-refractivity contribution in [3.05, 3.63) is 29.3 Å². The van der Waals surface area contributed by atoms with E-state index in [0.29, 0.717) is 17.9 Å². The minimum atomic E-state index is -0.601. The Morgan fingerprint density at radius 3 is 2.80 bits per heavy atom. The monoisotopic (exact) mass is 213 g/mol. The smallest absolute Gasteiger partial charge is 0.134 e. The first kappa shape index (κ1) is 10.4. The van der Waals surface area contributed by atoms with Crippen LogP contribution in [0.5, 0.6) is 5.75 Å². The zero-order valence-electron chi connectivity index (χ0n) is 8.68. The molecule has 1 aromatic rings. The van der Waals surface area contributed by atoms with Crippen LogP contribution < -0.4 is 10.1 Å². The van der Waals surface area contributed by atoms with E-state index in [9.17, 15) is 8.78 Å². The molecule has 0 spiro atoms. The molecule has 0 bridgehead atoms. The second-order valence-corrected chi connectivity index (χ2v) is 3.85. The Hall–Kier alpha value is -1.16. The van der Waals surface area contributed by atoms with E-state index >= 15 is 0 Å². The standard InChI is InChI=1S/C11H13F2NO/c1-6-5-15-9-4-7(12)3-8(13)10(9)11(6)14-2/h3-4,6,11,14H,5H2,1-2H3. The van der Waals surface area contributed by atoms with Crippen molar-refractivity contribution in [1.29, 1.82) is 0 Å². The molecule has 0 radical (unpaired) electrons. The SMILES string of the molecule is CNC1c2c(F)cc(F)cc2OCC1C. The van der Waals surface area contributed by atoms with Crippen LogP contribution in [0.2, 0.25) is 0 Å². The Morgan fingerprint density at radius 1 is 1.40 bits per heavy atom. The highest BCUT2D eigenvalue weighted by molar-refractivity contribution is 5.39. The summed E-state index contributed by atoms with van der Waals surface area (Å²) in [6.07, 6.45) is 0. The molecule has 1 heterocycles. The maximum absolute atomic E-state index is 13.6. The average Bonchev–Trinajstić information content (AvgIpc) is 2.18. The summed E-state index contributed by atoms with van der Waals surface area (Å²) in [6.45, 7) is 2.44. The molecule has 1 aliphatic heterocycles. The van der Waals surface area contributed by atoms with Gasteiger partial charge in [0, 0.05) is 29.7 Å². The fourth-order valence-electron chi connectivity index (χ4n) is 2.01. The molecule has 2 unspecified atom stereocenters. The highest BCUT2D eigenvalue weighted by Gasteiger charge is 2.30. The van der Waals surface area contributed by atoms with E-state index in [2.05, 4.69) is 5.32 Å². The number of nitrogens with one attached hydrogen (secondary N) is 1. The molecule has 4 heteroatoms. The largest absolute Gasteiger partial charge is 0.493 e. The Morgan fingerprint density at radius 2 is 2.13 bits per heavy atom. The van der Waals surface area contributed by atoms with Gasteiger partial charge < -0.3 is 10.1 Å². The minimum Gasteiger partial charge on any atom is -0.493 e. The molecule has 1 N–H and O–H groups in total. The van der Waals surface area contributed by atoms with Crippen molar-refractivity contribution in [2.24, 2.45) is 5.92 Å². The van der Waals surface area contributed by atoms with E-state index < -0.39 is 11.6 Å². The zero-order valence-corrected chi connectivity index (χ0v) is 8.68. The van der Waals surface area contributed by atoms with Crippen LogP contribution in [0.4, 0.5) is 8.78 Å². The van der Waals surface area contributed by atoms with E-state index in [1.165, 1.54) is 6.07 Å². The summed E-state index contributed by atoms with van der Waals surface area (Å²) in [4.78, 5) is 0. The Labute approximate surface area is 87.2 Å². The molecule has 0 aliphatic carbocycles. The molecule has 2 nitrogen and oxygen atoms in total. The highest BCUT2D eigenvalue weighted by Crippen LogP contribution is 2.37. The van der Waals surface area contributed by atoms with Crippen molar-refractivity contribution in [2.45, 2.75) is 13.0 Å². The number of rotatable bonds is 1. The van der Waals surface area contributed by atoms with Gasteiger partial charge in [-0.05, 0) is 7.05 Å². The lowest BCUT2D eigenvalue weighted by molar-refractivity contribution is 0.187. The molecule has 0 fully saturated rings. The molecule has 82 valence electrons. The van der Waals surface area contributed by atoms with Crippen molar-refractivity contribution in [2.75, 3.05) is 13.7 Å². The van der Waals surface area contributed by atoms with Crippen LogP contribution in [0.15, 0.2) is 12.1 Å². The molecule has 0 amide bonds. The van der Waals surface area contributed by atoms with Crippen molar-refractivity contribution < 1.29 is 13.5 Å². The summed E-state index contributed by atoms with van der Waals surface area (Å²) in [7, 11) is 1.76. The van der Waals surface area contributed by atoms with Crippen molar-refractivity contribution in [3.63, 3.8) is 0 Å². The van der Waals surface area contributed by atoms with Crippen LogP contribution in [-0.2, 0) is 0 Å². The first-order valence-electron chi connectivity index (χ1n) is 4.92. The van der Waals surface area contributed by atoms with Crippen LogP contribution >= 0.6 is 0 Å². The van der Waals surface area contributed by atoms with Crippen molar-refractivity contribution in [1.82, 2.24) is 5.32 Å². The molecule has 2 rings (SSSR count). The van der Waals surface area contributed by atoms with E-state index in [1.54, 1.807) is 7.05 Å². The molecule has 0 saturated carbocycles. The van der Waals surface area contributed by atoms with Gasteiger partial charge in [0.15, 0.2) is 0 Å². The Kier molecular flexibility index (Phi) is 2.61. The lowest BCUT2D eigenvalue weighted by Crippen LogP contribution is -2.32. The lowest BCUT2D eigenvalue weighted by Gasteiger charge is -2.31. The number of hydrogen-bond acceptors (Lipinski definition) is 2. The van der Waals surface area contributed by atoms with E-state index in [1.807, 2.05) is 6.92 Å². The first-order chi connectivity index (χ1) is 7.13. The van der Waals surface area contributed by atoms with Crippen molar-refractivity contribution >= 4 is 0 Å². The van der Waals surface area contributed by atoms with Gasteiger partial charge in [-0.3, -0.25) is 0 Å². The lowest BCUT2D eigenvalue weighted by atomic mass is 9.92. The second-order valence-electron chi connectivity index (χ2n) is 3.85. The molecule has 0 aromatic heterocycles. The molecular formula is C11H13F2NO. The summed E-state index contributed by atoms with van der Waals surface area (Å²) >= 11 is 0. The normalized spacial score (nSPS) is 24.5. The third-order valence-electron chi connectivity index (χ3n) is 2.75. The summed E-state index contributed by atoms with van der Waals surface area (Å²) in [5.74, 6) is -0.668. The summed E-state index contributed by atoms with van der Waals surface area (Å²) in [5.41, 5.74) is 0.428. The highest BCUT2D eigenvalue weighted by atomic mass is 19.1. The fourth-order valence-corrected chi connectivity index (χ4v) is 2.01. The maximum Gasteiger partial charge on any atom is 0.134 e. The van der Waals surface area contributed by atoms with E-state index in [0.717, 1.165) is 6.07 Å². The topological polar surface area (TPSA) is 21.3 Å². The predicted octanol–water partition coefficient (Wildman–Crippen LogP) is 2.25. The van der Waals surface area contributed by atoms with E-state index in [-0.39, 0.29) is 12.0 Å². The molecule has 1 aliphatic rings. The van der Waals surface area contributed by atoms with Gasteiger partial charge in [-0.1, -0.05) is 6.92 Å². The van der Waals surface area contributed by atoms with Crippen LogP contribution in [-0.4, -0.2) is 13.7 Å². The average molecular weight is 213 g/mol. The molecule has 0 saturated heterocycles. The second kappa shape index (κ2) is 3.77. The van der Waals surface area contributed by atoms with Gasteiger partial charge >= 0.3 is 0 Å². The van der Waals surface area contributed by atoms with Crippen LogP contribution in [0, 0.1) is 17.6 Å². The van der Waals surface area contributed by atoms with Gasteiger partial charge in [0.25, 0.3) is 0 Å². The van der Waals surface area contributed by atoms with Gasteiger partial charge in [0.1, 0.15) is 17.4 Å². The molecule has 15 heavy (non-hydrogen) atoms. The number of fused-ring (bicyclic) bond motifs is 1. The zero-order chi connectivity index (χ0) is 11.0. The van der Waals surface area contributed by atoms with Crippen molar-refractivity contribution in [3.8, 4) is 5.75 Å². The summed E-state index contributed by atoms with van der Waals surface area (Å²) < 4.78 is 31.8. The van der Waals surface area contributed by atoms with Gasteiger partial charge in [-0.2, -0.15) is 0 Å². The Balaban J connectivity index is 2.52. The number of halogens is 2. The van der Waals surface area contributed by atoms with Gasteiger partial charge in [-0.25, -0.2) is 8.78 Å². The molecule has 1 aromatic carbocycles. The predicted molar refractivity (Wildman–Crippen MR) is 52.8 cm³/mol. The van der Waals surface area contributed by atoms with Crippen LogP contribution in [0.3, 0.4) is 0 Å². The Bertz CT molecular complexity index is 381. The number of hydrogen-bond donors (Lipinski definition) is 1. The quantitative estimate of drug-likeness (QED) is 0.772. The van der Waals surface area contributed by atoms with Gasteiger partial charge in [0.2, 0.25) is 0 Å². The third kappa shape index (κ3) is 1.69. The number of ether oxygens (including phenoxy) is 1. The molecular weight excluding hydrogens is 200 g/mol. The van der Waals surface area contributed by atoms with Crippen LogP contribution in [0.1, 0.15) is 18.5 Å².